The summed E-state index contributed by atoms with van der Waals surface area (Å²) in [6, 6.07) is 18.6. The van der Waals surface area contributed by atoms with Gasteiger partial charge in [0.1, 0.15) is 20.2 Å². The van der Waals surface area contributed by atoms with Gasteiger partial charge in [0.15, 0.2) is 0 Å². The van der Waals surface area contributed by atoms with Crippen LogP contribution in [0.3, 0.4) is 0 Å². The van der Waals surface area contributed by atoms with Crippen LogP contribution in [0.1, 0.15) is 85.0 Å². The molecule has 1 unspecified atom stereocenters. The highest BCUT2D eigenvalue weighted by Crippen LogP contribution is 2.68. The van der Waals surface area contributed by atoms with Crippen LogP contribution in [0.15, 0.2) is 60.7 Å². The Hall–Kier alpha value is -0.950. The van der Waals surface area contributed by atoms with Crippen LogP contribution in [-0.2, 0) is 22.7 Å². The Morgan fingerprint density at radius 2 is 0.974 bits per heavy atom. The number of hydrogen-bond acceptors (Lipinski definition) is 5. The topological polar surface area (TPSA) is 69.7 Å². The maximum absolute atomic E-state index is 14.8. The lowest BCUT2D eigenvalue weighted by Crippen LogP contribution is -2.20. The molecule has 0 heterocycles. The van der Waals surface area contributed by atoms with Crippen LogP contribution < -0.4 is 10.6 Å². The monoisotopic (exact) mass is 582 g/mol. The Kier molecular flexibility index (Phi) is 15.5. The SMILES string of the molecule is CCCCCCCCCCCCP(=O)(CP(=O)(OCC)OCC)CP(=O)(c1ccccc1)c1ccccc1. The van der Waals surface area contributed by atoms with Crippen molar-refractivity contribution in [2.24, 2.45) is 0 Å². The third-order valence-corrected chi connectivity index (χ3v) is 18.6. The summed E-state index contributed by atoms with van der Waals surface area (Å²) < 4.78 is 54.1. The van der Waals surface area contributed by atoms with E-state index in [4.69, 9.17) is 9.05 Å². The Morgan fingerprint density at radius 1 is 0.553 bits per heavy atom. The van der Waals surface area contributed by atoms with Crippen molar-refractivity contribution < 1.29 is 22.7 Å². The lowest BCUT2D eigenvalue weighted by atomic mass is 10.1. The molecule has 0 saturated carbocycles. The van der Waals surface area contributed by atoms with Crippen molar-refractivity contribution in [1.82, 2.24) is 0 Å². The molecule has 2 rings (SSSR count). The maximum atomic E-state index is 14.8. The molecule has 1 atom stereocenters. The largest absolute Gasteiger partial charge is 0.337 e. The Bertz CT molecular complexity index is 989. The number of rotatable bonds is 21. The third kappa shape index (κ3) is 11.3. The van der Waals surface area contributed by atoms with E-state index >= 15 is 0 Å². The lowest BCUT2D eigenvalue weighted by molar-refractivity contribution is 0.223. The van der Waals surface area contributed by atoms with Gasteiger partial charge in [0.2, 0.25) is 0 Å². The molecule has 0 spiro atoms. The van der Waals surface area contributed by atoms with Crippen molar-refractivity contribution in [3.05, 3.63) is 60.7 Å². The fraction of sp³-hybridized carbons (Fsp3) is 0.600. The second-order valence-electron chi connectivity index (χ2n) is 10.1. The minimum atomic E-state index is -3.57. The van der Waals surface area contributed by atoms with Gasteiger partial charge < -0.3 is 18.2 Å². The van der Waals surface area contributed by atoms with Crippen molar-refractivity contribution in [1.29, 1.82) is 0 Å². The zero-order valence-electron chi connectivity index (χ0n) is 23.8. The van der Waals surface area contributed by atoms with Gasteiger partial charge in [-0.1, -0.05) is 125 Å². The summed E-state index contributed by atoms with van der Waals surface area (Å²) in [5.41, 5.74) is 0. The molecular formula is C30H49O5P3. The molecule has 0 N–H and O–H groups in total. The van der Waals surface area contributed by atoms with Crippen molar-refractivity contribution in [3.63, 3.8) is 0 Å². The molecule has 0 saturated heterocycles. The molecule has 38 heavy (non-hydrogen) atoms. The standard InChI is InChI=1S/C30H49O5P3/c1-4-7-8-9-10-11-12-13-14-21-26-36(31,28-38(33,34-5-2)35-6-3)27-37(32,29-22-17-15-18-23-29)30-24-19-16-20-25-30/h15-20,22-25H,4-14,21,26-28H2,1-3H3. The molecule has 0 bridgehead atoms. The highest BCUT2D eigenvalue weighted by Gasteiger charge is 2.42. The van der Waals surface area contributed by atoms with Crippen molar-refractivity contribution in [2.45, 2.75) is 85.0 Å². The molecule has 2 aromatic rings. The highest BCUT2D eigenvalue weighted by atomic mass is 31.2. The van der Waals surface area contributed by atoms with E-state index in [1.165, 1.54) is 44.9 Å². The predicted molar refractivity (Wildman–Crippen MR) is 165 cm³/mol. The summed E-state index contributed by atoms with van der Waals surface area (Å²) in [6.07, 6.45) is 12.1. The van der Waals surface area contributed by atoms with E-state index in [1.807, 2.05) is 60.7 Å². The molecule has 214 valence electrons. The Morgan fingerprint density at radius 3 is 1.39 bits per heavy atom. The molecule has 0 aliphatic rings. The van der Waals surface area contributed by atoms with Gasteiger partial charge in [-0.05, 0) is 20.3 Å². The van der Waals surface area contributed by atoms with E-state index in [-0.39, 0.29) is 25.0 Å². The van der Waals surface area contributed by atoms with Crippen LogP contribution in [0.4, 0.5) is 0 Å². The fourth-order valence-electron chi connectivity index (χ4n) is 4.91. The van der Waals surface area contributed by atoms with E-state index in [1.54, 1.807) is 13.8 Å². The van der Waals surface area contributed by atoms with E-state index in [0.717, 1.165) is 19.3 Å². The zero-order valence-corrected chi connectivity index (χ0v) is 26.4. The number of hydrogen-bond donors (Lipinski definition) is 0. The van der Waals surface area contributed by atoms with Gasteiger partial charge in [0.25, 0.3) is 0 Å². The Labute approximate surface area is 231 Å². The molecule has 0 fully saturated rings. The summed E-state index contributed by atoms with van der Waals surface area (Å²) >= 11 is 0. The fourth-order valence-corrected chi connectivity index (χ4v) is 17.9. The molecule has 8 heteroatoms. The van der Waals surface area contributed by atoms with Gasteiger partial charge in [-0.3, -0.25) is 4.57 Å². The van der Waals surface area contributed by atoms with Gasteiger partial charge in [-0.2, -0.15) is 0 Å². The van der Waals surface area contributed by atoms with Gasteiger partial charge in [0, 0.05) is 16.8 Å². The molecular weight excluding hydrogens is 533 g/mol. The predicted octanol–water partition coefficient (Wildman–Crippen LogP) is 9.47. The van der Waals surface area contributed by atoms with Crippen molar-refractivity contribution in [3.8, 4) is 0 Å². The lowest BCUT2D eigenvalue weighted by Gasteiger charge is -2.28. The first-order chi connectivity index (χ1) is 18.3. The quantitative estimate of drug-likeness (QED) is 0.108. The average Bonchev–Trinajstić information content (AvgIpc) is 2.90. The van der Waals surface area contributed by atoms with Crippen LogP contribution in [0.2, 0.25) is 0 Å². The second-order valence-corrected chi connectivity index (χ2v) is 19.2. The maximum Gasteiger partial charge on any atom is 0.337 e. The molecule has 2 aromatic carbocycles. The molecule has 0 aliphatic heterocycles. The van der Waals surface area contributed by atoms with E-state index in [9.17, 15) is 13.7 Å². The highest BCUT2D eigenvalue weighted by molar-refractivity contribution is 7.91. The minimum absolute atomic E-state index is 0.00437. The molecule has 0 aliphatic carbocycles. The number of unbranched alkanes of at least 4 members (excludes halogenated alkanes) is 9. The molecule has 0 radical (unpaired) electrons. The van der Waals surface area contributed by atoms with E-state index in [0.29, 0.717) is 16.8 Å². The summed E-state index contributed by atoms with van der Waals surface area (Å²) in [6.45, 7) is 6.18. The van der Waals surface area contributed by atoms with Gasteiger partial charge in [-0.25, -0.2) is 0 Å². The summed E-state index contributed by atoms with van der Waals surface area (Å²) in [5, 5.41) is 1.36. The second kappa shape index (κ2) is 17.7. The first-order valence-corrected chi connectivity index (χ1v) is 20.3. The summed E-state index contributed by atoms with van der Waals surface area (Å²) in [5.74, 6) is -0.168. The first kappa shape index (κ1) is 33.3. The first-order valence-electron chi connectivity index (χ1n) is 14.5. The van der Waals surface area contributed by atoms with Crippen LogP contribution in [0.25, 0.3) is 0 Å². The van der Waals surface area contributed by atoms with E-state index in [2.05, 4.69) is 6.92 Å². The van der Waals surface area contributed by atoms with Crippen LogP contribution in [0.5, 0.6) is 0 Å². The smallest absolute Gasteiger partial charge is 0.322 e. The van der Waals surface area contributed by atoms with E-state index < -0.39 is 21.9 Å². The van der Waals surface area contributed by atoms with Gasteiger partial charge in [-0.15, -0.1) is 0 Å². The third-order valence-electron chi connectivity index (χ3n) is 6.81. The minimum Gasteiger partial charge on any atom is -0.322 e. The Balaban J connectivity index is 2.21. The van der Waals surface area contributed by atoms with Crippen LogP contribution in [-0.4, -0.2) is 31.2 Å². The normalized spacial score (nSPS) is 13.9. The molecule has 0 amide bonds. The van der Waals surface area contributed by atoms with Crippen LogP contribution in [0, 0.1) is 0 Å². The summed E-state index contributed by atoms with van der Waals surface area (Å²) in [7, 11) is -10.0. The number of benzene rings is 2. The average molecular weight is 583 g/mol. The van der Waals surface area contributed by atoms with Crippen LogP contribution >= 0.6 is 21.9 Å². The van der Waals surface area contributed by atoms with Crippen molar-refractivity contribution in [2.75, 3.05) is 31.2 Å². The molecule has 5 nitrogen and oxygen atoms in total. The summed E-state index contributed by atoms with van der Waals surface area (Å²) in [4.78, 5) is 0. The van der Waals surface area contributed by atoms with Gasteiger partial charge >= 0.3 is 7.60 Å². The zero-order chi connectivity index (χ0) is 27.7. The van der Waals surface area contributed by atoms with Gasteiger partial charge in [0.05, 0.1) is 19.1 Å². The molecule has 0 aromatic heterocycles. The van der Waals surface area contributed by atoms with Crippen molar-refractivity contribution >= 4 is 32.5 Å².